The molecule has 0 spiro atoms. The minimum Gasteiger partial charge on any atom is -0.497 e. The van der Waals surface area contributed by atoms with E-state index in [1.807, 2.05) is 12.1 Å². The molecule has 1 aromatic carbocycles. The first kappa shape index (κ1) is 17.5. The lowest BCUT2D eigenvalue weighted by molar-refractivity contribution is 0.150. The highest BCUT2D eigenvalue weighted by atomic mass is 16.5. The lowest BCUT2D eigenvalue weighted by Crippen LogP contribution is -2.38. The summed E-state index contributed by atoms with van der Waals surface area (Å²) in [6, 6.07) is 8.57. The van der Waals surface area contributed by atoms with Crippen LogP contribution < -0.4 is 16.0 Å². The summed E-state index contributed by atoms with van der Waals surface area (Å²) in [5.41, 5.74) is 1.32. The van der Waals surface area contributed by atoms with Crippen LogP contribution in [0.25, 0.3) is 0 Å². The molecule has 1 aliphatic heterocycles. The molecule has 0 aliphatic carbocycles. The van der Waals surface area contributed by atoms with Gasteiger partial charge in [-0.05, 0) is 43.5 Å². The van der Waals surface area contributed by atoms with Gasteiger partial charge in [0.2, 0.25) is 0 Å². The Kier molecular flexibility index (Phi) is 5.38. The Bertz CT molecular complexity index is 840. The van der Waals surface area contributed by atoms with Crippen molar-refractivity contribution in [2.45, 2.75) is 31.7 Å². The highest BCUT2D eigenvalue weighted by Crippen LogP contribution is 2.32. The fourth-order valence-corrected chi connectivity index (χ4v) is 3.54. The summed E-state index contributed by atoms with van der Waals surface area (Å²) >= 11 is 0. The van der Waals surface area contributed by atoms with Gasteiger partial charge in [-0.1, -0.05) is 18.6 Å². The monoisotopic (exact) mass is 343 g/mol. The maximum Gasteiger partial charge on any atom is 0.328 e. The van der Waals surface area contributed by atoms with Crippen molar-refractivity contribution in [3.8, 4) is 5.75 Å². The van der Waals surface area contributed by atoms with Crippen LogP contribution in [0.5, 0.6) is 5.75 Å². The van der Waals surface area contributed by atoms with Crippen molar-refractivity contribution in [1.82, 2.24) is 14.5 Å². The first-order valence-electron chi connectivity index (χ1n) is 8.75. The Morgan fingerprint density at radius 1 is 1.28 bits per heavy atom. The molecule has 0 radical (unpaired) electrons. The van der Waals surface area contributed by atoms with Gasteiger partial charge < -0.3 is 9.72 Å². The Balaban J connectivity index is 1.76. The van der Waals surface area contributed by atoms with Crippen LogP contribution in [0.3, 0.4) is 0 Å². The summed E-state index contributed by atoms with van der Waals surface area (Å²) in [4.78, 5) is 28.7. The standard InChI is InChI=1S/C19H25N3O3/c1-21-18(23)15(13-20-19(21)24)9-11-22-10-4-3-8-17(22)14-6-5-7-16(12-14)25-2/h5-7,12-13,17H,3-4,8-11H2,1-2H3,(H,20,24). The highest BCUT2D eigenvalue weighted by molar-refractivity contribution is 5.30. The Labute approximate surface area is 147 Å². The SMILES string of the molecule is COc1cccc(C2CCCCN2CCc2c[nH]c(=O)n(C)c2=O)c1. The molecule has 1 saturated heterocycles. The average Bonchev–Trinajstić information content (AvgIpc) is 2.66. The zero-order chi connectivity index (χ0) is 17.8. The number of methoxy groups -OCH3 is 1. The van der Waals surface area contributed by atoms with E-state index in [4.69, 9.17) is 4.74 Å². The minimum atomic E-state index is -0.374. The molecule has 0 amide bonds. The molecule has 3 rings (SSSR count). The number of aromatic amines is 1. The summed E-state index contributed by atoms with van der Waals surface area (Å²) < 4.78 is 6.48. The van der Waals surface area contributed by atoms with E-state index >= 15 is 0 Å². The van der Waals surface area contributed by atoms with E-state index in [9.17, 15) is 9.59 Å². The molecular weight excluding hydrogens is 318 g/mol. The van der Waals surface area contributed by atoms with Crippen LogP contribution in [0.4, 0.5) is 0 Å². The normalized spacial score (nSPS) is 18.2. The van der Waals surface area contributed by atoms with Crippen LogP contribution in [0.2, 0.25) is 0 Å². The second kappa shape index (κ2) is 7.70. The molecule has 1 aromatic heterocycles. The van der Waals surface area contributed by atoms with Crippen molar-refractivity contribution >= 4 is 0 Å². The predicted octanol–water partition coefficient (Wildman–Crippen LogP) is 1.85. The van der Waals surface area contributed by atoms with Gasteiger partial charge in [0.15, 0.2) is 0 Å². The van der Waals surface area contributed by atoms with Crippen molar-refractivity contribution in [3.05, 3.63) is 62.4 Å². The van der Waals surface area contributed by atoms with Crippen molar-refractivity contribution < 1.29 is 4.74 Å². The number of nitrogens with one attached hydrogen (secondary N) is 1. The fourth-order valence-electron chi connectivity index (χ4n) is 3.54. The first-order valence-corrected chi connectivity index (χ1v) is 8.75. The largest absolute Gasteiger partial charge is 0.497 e. The molecule has 1 unspecified atom stereocenters. The molecule has 1 atom stereocenters. The van der Waals surface area contributed by atoms with E-state index in [-0.39, 0.29) is 11.2 Å². The smallest absolute Gasteiger partial charge is 0.328 e. The number of ether oxygens (including phenoxy) is 1. The van der Waals surface area contributed by atoms with Crippen LogP contribution in [-0.2, 0) is 13.5 Å². The minimum absolute atomic E-state index is 0.210. The molecule has 6 heteroatoms. The van der Waals surface area contributed by atoms with Gasteiger partial charge in [0, 0.05) is 31.4 Å². The molecule has 134 valence electrons. The number of piperidine rings is 1. The van der Waals surface area contributed by atoms with Crippen molar-refractivity contribution in [3.63, 3.8) is 0 Å². The van der Waals surface area contributed by atoms with Crippen molar-refractivity contribution in [2.24, 2.45) is 7.05 Å². The first-order chi connectivity index (χ1) is 12.1. The molecule has 0 saturated carbocycles. The van der Waals surface area contributed by atoms with Gasteiger partial charge in [-0.25, -0.2) is 4.79 Å². The number of aromatic nitrogens is 2. The second-order valence-corrected chi connectivity index (χ2v) is 6.56. The zero-order valence-electron chi connectivity index (χ0n) is 14.8. The maximum absolute atomic E-state index is 12.2. The van der Waals surface area contributed by atoms with E-state index in [0.717, 1.165) is 29.8 Å². The van der Waals surface area contributed by atoms with Gasteiger partial charge >= 0.3 is 5.69 Å². The maximum atomic E-state index is 12.2. The molecule has 2 aromatic rings. The van der Waals surface area contributed by atoms with E-state index < -0.39 is 0 Å². The number of hydrogen-bond donors (Lipinski definition) is 1. The summed E-state index contributed by atoms with van der Waals surface area (Å²) in [6.45, 7) is 1.81. The van der Waals surface area contributed by atoms with Crippen LogP contribution in [-0.4, -0.2) is 34.7 Å². The summed E-state index contributed by atoms with van der Waals surface area (Å²) in [7, 11) is 3.19. The number of rotatable bonds is 5. The lowest BCUT2D eigenvalue weighted by atomic mass is 9.94. The van der Waals surface area contributed by atoms with E-state index in [1.54, 1.807) is 13.3 Å². The van der Waals surface area contributed by atoms with E-state index in [2.05, 4.69) is 22.0 Å². The van der Waals surface area contributed by atoms with Crippen LogP contribution in [0.15, 0.2) is 40.1 Å². The van der Waals surface area contributed by atoms with Crippen molar-refractivity contribution in [2.75, 3.05) is 20.2 Å². The highest BCUT2D eigenvalue weighted by Gasteiger charge is 2.24. The number of benzene rings is 1. The zero-order valence-corrected chi connectivity index (χ0v) is 14.8. The van der Waals surface area contributed by atoms with E-state index in [0.29, 0.717) is 18.0 Å². The summed E-state index contributed by atoms with van der Waals surface area (Å²) in [5, 5.41) is 0. The number of H-pyrrole nitrogens is 1. The van der Waals surface area contributed by atoms with E-state index in [1.165, 1.54) is 25.5 Å². The number of likely N-dealkylation sites (tertiary alicyclic amines) is 1. The fraction of sp³-hybridized carbons (Fsp3) is 0.474. The topological polar surface area (TPSA) is 67.3 Å². The molecule has 1 aliphatic rings. The van der Waals surface area contributed by atoms with Gasteiger partial charge in [-0.3, -0.25) is 14.3 Å². The van der Waals surface area contributed by atoms with Gasteiger partial charge in [0.05, 0.1) is 7.11 Å². The third kappa shape index (κ3) is 3.85. The molecule has 25 heavy (non-hydrogen) atoms. The van der Waals surface area contributed by atoms with Gasteiger partial charge in [0.25, 0.3) is 5.56 Å². The lowest BCUT2D eigenvalue weighted by Gasteiger charge is -2.36. The molecule has 6 nitrogen and oxygen atoms in total. The molecule has 1 fully saturated rings. The average molecular weight is 343 g/mol. The quantitative estimate of drug-likeness (QED) is 0.900. The van der Waals surface area contributed by atoms with Gasteiger partial charge in [-0.2, -0.15) is 0 Å². The summed E-state index contributed by atoms with van der Waals surface area (Å²) in [5.74, 6) is 0.873. The van der Waals surface area contributed by atoms with Crippen LogP contribution >= 0.6 is 0 Å². The Morgan fingerprint density at radius 2 is 2.12 bits per heavy atom. The summed E-state index contributed by atoms with van der Waals surface area (Å²) in [6.07, 6.45) is 5.67. The molecule has 0 bridgehead atoms. The van der Waals surface area contributed by atoms with Crippen LogP contribution in [0.1, 0.15) is 36.4 Å². The Hall–Kier alpha value is -2.34. The van der Waals surface area contributed by atoms with Crippen molar-refractivity contribution in [1.29, 1.82) is 0 Å². The third-order valence-electron chi connectivity index (χ3n) is 5.01. The predicted molar refractivity (Wildman–Crippen MR) is 97.2 cm³/mol. The molecule has 1 N–H and O–H groups in total. The number of hydrogen-bond acceptors (Lipinski definition) is 4. The molecular formula is C19H25N3O3. The van der Waals surface area contributed by atoms with Crippen LogP contribution in [0, 0.1) is 0 Å². The number of nitrogens with zero attached hydrogens (tertiary/aromatic N) is 2. The molecule has 2 heterocycles. The Morgan fingerprint density at radius 3 is 2.92 bits per heavy atom. The second-order valence-electron chi connectivity index (χ2n) is 6.56. The van der Waals surface area contributed by atoms with Gasteiger partial charge in [0.1, 0.15) is 5.75 Å². The van der Waals surface area contributed by atoms with Gasteiger partial charge in [-0.15, -0.1) is 0 Å². The third-order valence-corrected chi connectivity index (χ3v) is 5.01.